The molecule has 22 heavy (non-hydrogen) atoms. The summed E-state index contributed by atoms with van der Waals surface area (Å²) < 4.78 is 5.28. The zero-order valence-electron chi connectivity index (χ0n) is 12.1. The summed E-state index contributed by atoms with van der Waals surface area (Å²) in [6.07, 6.45) is 1.24. The largest absolute Gasteiger partial charge is 0.381 e. The van der Waals surface area contributed by atoms with E-state index in [0.717, 1.165) is 5.56 Å². The molecule has 8 heteroatoms. The Morgan fingerprint density at radius 2 is 1.91 bits per heavy atom. The van der Waals surface area contributed by atoms with Gasteiger partial charge in [-0.05, 0) is 18.4 Å². The molecule has 1 fully saturated rings. The number of hydrogen-bond acceptors (Lipinski definition) is 5. The van der Waals surface area contributed by atoms with Crippen molar-refractivity contribution in [1.29, 1.82) is 0 Å². The maximum absolute atomic E-state index is 12.3. The van der Waals surface area contributed by atoms with Crippen LogP contribution in [0.5, 0.6) is 0 Å². The van der Waals surface area contributed by atoms with E-state index in [4.69, 9.17) is 10.5 Å². The van der Waals surface area contributed by atoms with E-state index in [1.54, 1.807) is 12.1 Å². The Kier molecular flexibility index (Phi) is 6.73. The van der Waals surface area contributed by atoms with Crippen molar-refractivity contribution in [3.8, 4) is 0 Å². The lowest BCUT2D eigenvalue weighted by molar-refractivity contribution is -0.384. The van der Waals surface area contributed by atoms with E-state index in [-0.39, 0.29) is 24.0 Å². The molecule has 1 aromatic rings. The molecule has 0 atom stereocenters. The topological polar surface area (TPSA) is 107 Å². The van der Waals surface area contributed by atoms with Crippen LogP contribution in [0.3, 0.4) is 0 Å². The first-order valence-electron chi connectivity index (χ1n) is 6.87. The number of hydrogen-bond donors (Lipinski definition) is 2. The molecular weight excluding hydrogens is 310 g/mol. The molecule has 1 aliphatic heterocycles. The minimum absolute atomic E-state index is 0. The van der Waals surface area contributed by atoms with Crippen LogP contribution in [0.1, 0.15) is 18.4 Å². The van der Waals surface area contributed by atoms with Crippen LogP contribution in [0.2, 0.25) is 0 Å². The predicted octanol–water partition coefficient (Wildman–Crippen LogP) is 1.39. The molecule has 0 radical (unpaired) electrons. The number of non-ortho nitro benzene ring substituents is 1. The van der Waals surface area contributed by atoms with Gasteiger partial charge in [-0.2, -0.15) is 0 Å². The van der Waals surface area contributed by atoms with Gasteiger partial charge >= 0.3 is 0 Å². The summed E-state index contributed by atoms with van der Waals surface area (Å²) in [7, 11) is 0. The summed E-state index contributed by atoms with van der Waals surface area (Å²) in [6, 6.07) is 6.12. The molecule has 0 aromatic heterocycles. The number of nitro groups is 1. The minimum atomic E-state index is -0.557. The number of nitro benzene ring substituents is 1. The molecule has 122 valence electrons. The van der Waals surface area contributed by atoms with Crippen molar-refractivity contribution in [2.24, 2.45) is 11.1 Å². The molecule has 2 rings (SSSR count). The summed E-state index contributed by atoms with van der Waals surface area (Å²) in [5, 5.41) is 13.4. The SMILES string of the molecule is Cl.NCC1(C(=O)NCc2ccc([N+](=O)[O-])cc2)CCOCC1. The van der Waals surface area contributed by atoms with Gasteiger partial charge in [-0.3, -0.25) is 14.9 Å². The van der Waals surface area contributed by atoms with Crippen LogP contribution in [0.4, 0.5) is 5.69 Å². The van der Waals surface area contributed by atoms with Crippen LogP contribution in [-0.2, 0) is 16.1 Å². The highest BCUT2D eigenvalue weighted by molar-refractivity contribution is 5.85. The maximum atomic E-state index is 12.3. The number of halogens is 1. The van der Waals surface area contributed by atoms with Gasteiger partial charge in [0.1, 0.15) is 0 Å². The van der Waals surface area contributed by atoms with Gasteiger partial charge in [-0.25, -0.2) is 0 Å². The van der Waals surface area contributed by atoms with Crippen LogP contribution in [0.25, 0.3) is 0 Å². The first-order valence-corrected chi connectivity index (χ1v) is 6.87. The highest BCUT2D eigenvalue weighted by Gasteiger charge is 2.38. The summed E-state index contributed by atoms with van der Waals surface area (Å²) in [5.74, 6) is -0.0772. The van der Waals surface area contributed by atoms with Crippen molar-refractivity contribution in [1.82, 2.24) is 5.32 Å². The summed E-state index contributed by atoms with van der Waals surface area (Å²) in [6.45, 7) is 1.71. The number of carbonyl (C=O) groups excluding carboxylic acids is 1. The molecule has 0 unspecified atom stereocenters. The van der Waals surface area contributed by atoms with Crippen LogP contribution < -0.4 is 11.1 Å². The molecule has 3 N–H and O–H groups in total. The van der Waals surface area contributed by atoms with Gasteiger partial charge < -0.3 is 15.8 Å². The van der Waals surface area contributed by atoms with Gasteiger partial charge in [0.15, 0.2) is 0 Å². The molecule has 7 nitrogen and oxygen atoms in total. The second-order valence-electron chi connectivity index (χ2n) is 5.20. The van der Waals surface area contributed by atoms with E-state index < -0.39 is 10.3 Å². The third-order valence-electron chi connectivity index (χ3n) is 3.92. The van der Waals surface area contributed by atoms with Gasteiger partial charge in [0.25, 0.3) is 5.69 Å². The number of nitrogens with one attached hydrogen (secondary N) is 1. The van der Waals surface area contributed by atoms with Crippen molar-refractivity contribution in [3.05, 3.63) is 39.9 Å². The highest BCUT2D eigenvalue weighted by Crippen LogP contribution is 2.29. The average Bonchev–Trinajstić information content (AvgIpc) is 2.53. The number of carbonyl (C=O) groups is 1. The van der Waals surface area contributed by atoms with E-state index in [0.29, 0.717) is 39.1 Å². The van der Waals surface area contributed by atoms with Crippen molar-refractivity contribution < 1.29 is 14.5 Å². The molecular formula is C14H20ClN3O4. The normalized spacial score (nSPS) is 16.4. The Bertz CT molecular complexity index is 515. The van der Waals surface area contributed by atoms with Crippen molar-refractivity contribution in [2.45, 2.75) is 19.4 Å². The number of rotatable bonds is 5. The Morgan fingerprint density at radius 1 is 1.32 bits per heavy atom. The van der Waals surface area contributed by atoms with E-state index in [9.17, 15) is 14.9 Å². The monoisotopic (exact) mass is 329 g/mol. The van der Waals surface area contributed by atoms with Crippen molar-refractivity contribution in [3.63, 3.8) is 0 Å². The predicted molar refractivity (Wildman–Crippen MR) is 83.7 cm³/mol. The van der Waals surface area contributed by atoms with Gasteiger partial charge in [0.05, 0.1) is 10.3 Å². The quantitative estimate of drug-likeness (QED) is 0.627. The zero-order chi connectivity index (χ0) is 15.3. The third kappa shape index (κ3) is 4.16. The smallest absolute Gasteiger partial charge is 0.269 e. The third-order valence-corrected chi connectivity index (χ3v) is 3.92. The van der Waals surface area contributed by atoms with Gasteiger partial charge in [-0.15, -0.1) is 12.4 Å². The molecule has 1 aromatic carbocycles. The van der Waals surface area contributed by atoms with Gasteiger partial charge in [0, 0.05) is 38.4 Å². The van der Waals surface area contributed by atoms with Crippen LogP contribution in [0, 0.1) is 15.5 Å². The van der Waals surface area contributed by atoms with Gasteiger partial charge in [0.2, 0.25) is 5.91 Å². The average molecular weight is 330 g/mol. The molecule has 1 amide bonds. The fourth-order valence-corrected chi connectivity index (χ4v) is 2.39. The van der Waals surface area contributed by atoms with Crippen molar-refractivity contribution >= 4 is 24.0 Å². The molecule has 0 saturated carbocycles. The number of ether oxygens (including phenoxy) is 1. The Hall–Kier alpha value is -1.70. The first kappa shape index (κ1) is 18.3. The fraction of sp³-hybridized carbons (Fsp3) is 0.500. The fourth-order valence-electron chi connectivity index (χ4n) is 2.39. The number of nitrogens with two attached hydrogens (primary N) is 1. The van der Waals surface area contributed by atoms with Crippen LogP contribution in [0.15, 0.2) is 24.3 Å². The molecule has 0 bridgehead atoms. The second kappa shape index (κ2) is 8.07. The standard InChI is InChI=1S/C14H19N3O4.ClH/c15-10-14(5-7-21-8-6-14)13(18)16-9-11-1-3-12(4-2-11)17(19)20;/h1-4H,5-10,15H2,(H,16,18);1H. The van der Waals surface area contributed by atoms with Gasteiger partial charge in [-0.1, -0.05) is 12.1 Å². The van der Waals surface area contributed by atoms with E-state index in [2.05, 4.69) is 5.32 Å². The maximum Gasteiger partial charge on any atom is 0.269 e. The minimum Gasteiger partial charge on any atom is -0.381 e. The highest BCUT2D eigenvalue weighted by atomic mass is 35.5. The molecule has 1 aliphatic rings. The molecule has 0 aliphatic carbocycles. The summed E-state index contributed by atoms with van der Waals surface area (Å²) >= 11 is 0. The van der Waals surface area contributed by atoms with E-state index in [1.165, 1.54) is 12.1 Å². The van der Waals surface area contributed by atoms with E-state index in [1.807, 2.05) is 0 Å². The van der Waals surface area contributed by atoms with E-state index >= 15 is 0 Å². The van der Waals surface area contributed by atoms with Crippen LogP contribution in [-0.4, -0.2) is 30.6 Å². The lowest BCUT2D eigenvalue weighted by Gasteiger charge is -2.34. The molecule has 1 heterocycles. The summed E-state index contributed by atoms with van der Waals surface area (Å²) in [5.41, 5.74) is 6.06. The Balaban J connectivity index is 0.00000242. The number of amides is 1. The van der Waals surface area contributed by atoms with Crippen molar-refractivity contribution in [2.75, 3.05) is 19.8 Å². The Morgan fingerprint density at radius 3 is 2.41 bits per heavy atom. The Labute approximate surface area is 134 Å². The summed E-state index contributed by atoms with van der Waals surface area (Å²) in [4.78, 5) is 22.5. The number of nitrogens with zero attached hydrogens (tertiary/aromatic N) is 1. The molecule has 0 spiro atoms. The lowest BCUT2D eigenvalue weighted by Crippen LogP contribution is -2.48. The second-order valence-corrected chi connectivity index (χ2v) is 5.20. The zero-order valence-corrected chi connectivity index (χ0v) is 12.9. The number of benzene rings is 1. The molecule has 1 saturated heterocycles. The van der Waals surface area contributed by atoms with Crippen LogP contribution >= 0.6 is 12.4 Å². The first-order chi connectivity index (χ1) is 10.1. The lowest BCUT2D eigenvalue weighted by atomic mass is 9.79.